The molecule has 0 unspecified atom stereocenters. The first-order chi connectivity index (χ1) is 4.47. The highest BCUT2D eigenvalue weighted by Gasteiger charge is 2.11. The van der Waals surface area contributed by atoms with Gasteiger partial charge in [0.1, 0.15) is 5.69 Å². The fourth-order valence-electron chi connectivity index (χ4n) is 0.883. The predicted octanol–water partition coefficient (Wildman–Crippen LogP) is 0.782. The molecular formula is C7H6N2+. The number of hydrogen-bond acceptors (Lipinski definition) is 2. The van der Waals surface area contributed by atoms with Gasteiger partial charge in [-0.1, -0.05) is 12.1 Å². The van der Waals surface area contributed by atoms with Crippen LogP contribution in [-0.2, 0) is 0 Å². The second-order valence-corrected chi connectivity index (χ2v) is 1.96. The maximum Gasteiger partial charge on any atom is 0.284 e. The number of rotatable bonds is 0. The Bertz CT molecular complexity index is 253. The van der Waals surface area contributed by atoms with E-state index in [1.165, 1.54) is 0 Å². The quantitative estimate of drug-likeness (QED) is 0.535. The normalized spacial score (nSPS) is 12.9. The minimum Gasteiger partial charge on any atom is -0.100 e. The van der Waals surface area contributed by atoms with Crippen LogP contribution in [0.2, 0.25) is 0 Å². The smallest absolute Gasteiger partial charge is 0.100 e. The van der Waals surface area contributed by atoms with Gasteiger partial charge in [0.05, 0.1) is 5.56 Å². The van der Waals surface area contributed by atoms with Gasteiger partial charge in [-0.2, -0.15) is 0 Å². The van der Waals surface area contributed by atoms with E-state index in [-0.39, 0.29) is 0 Å². The third-order valence-electron chi connectivity index (χ3n) is 1.35. The van der Waals surface area contributed by atoms with Gasteiger partial charge in [0.15, 0.2) is 5.10 Å². The highest BCUT2D eigenvalue weighted by molar-refractivity contribution is 5.90. The van der Waals surface area contributed by atoms with Crippen LogP contribution < -0.4 is 10.5 Å². The lowest BCUT2D eigenvalue weighted by Crippen LogP contribution is -1.91. The molecular weight excluding hydrogens is 112 g/mol. The van der Waals surface area contributed by atoms with Crippen LogP contribution in [0.5, 0.6) is 0 Å². The summed E-state index contributed by atoms with van der Waals surface area (Å²) in [7, 11) is 0. The van der Waals surface area contributed by atoms with E-state index in [2.05, 4.69) is 10.5 Å². The number of fused-ring (bicyclic) bond motifs is 1. The first kappa shape index (κ1) is 4.56. The van der Waals surface area contributed by atoms with Crippen LogP contribution in [0.25, 0.3) is 0 Å². The highest BCUT2D eigenvalue weighted by atomic mass is 15.3. The average Bonchev–Trinajstić information content (AvgIpc) is 2.33. The minimum atomic E-state index is 1.09. The van der Waals surface area contributed by atoms with E-state index < -0.39 is 0 Å². The van der Waals surface area contributed by atoms with E-state index in [4.69, 9.17) is 0 Å². The van der Waals surface area contributed by atoms with Crippen molar-refractivity contribution in [1.82, 2.24) is 5.10 Å². The monoisotopic (exact) mass is 118 g/mol. The zero-order valence-corrected chi connectivity index (χ0v) is 4.83. The molecule has 1 aliphatic rings. The Balaban J connectivity index is 2.63. The largest absolute Gasteiger partial charge is 0.284 e. The van der Waals surface area contributed by atoms with Crippen LogP contribution in [0, 0.1) is 0 Å². The molecule has 0 fully saturated rings. The Morgan fingerprint density at radius 1 is 1.22 bits per heavy atom. The first-order valence-electron chi connectivity index (χ1n) is 2.85. The Hall–Kier alpha value is -1.31. The van der Waals surface area contributed by atoms with Gasteiger partial charge in [-0.05, 0) is 12.1 Å². The van der Waals surface area contributed by atoms with Crippen LogP contribution in [0.15, 0.2) is 24.3 Å². The molecule has 1 radical (unpaired) electrons. The van der Waals surface area contributed by atoms with E-state index in [1.54, 1.807) is 0 Å². The van der Waals surface area contributed by atoms with Crippen LogP contribution in [0.3, 0.4) is 0 Å². The lowest BCUT2D eigenvalue weighted by molar-refractivity contribution is 1.25. The number of anilines is 1. The van der Waals surface area contributed by atoms with Crippen LogP contribution in [0.4, 0.5) is 5.69 Å². The van der Waals surface area contributed by atoms with Gasteiger partial charge in [-0.15, -0.1) is 5.43 Å². The maximum absolute atomic E-state index is 3.88. The molecule has 0 aliphatic carbocycles. The van der Waals surface area contributed by atoms with Crippen LogP contribution >= 0.6 is 0 Å². The third-order valence-corrected chi connectivity index (χ3v) is 1.35. The van der Waals surface area contributed by atoms with Gasteiger partial charge in [0, 0.05) is 0 Å². The molecule has 0 aromatic heterocycles. The van der Waals surface area contributed by atoms with Gasteiger partial charge in [0.25, 0.3) is 6.21 Å². The van der Waals surface area contributed by atoms with Crippen molar-refractivity contribution < 1.29 is 0 Å². The molecule has 0 amide bonds. The molecule has 2 nitrogen and oxygen atoms in total. The van der Waals surface area contributed by atoms with Crippen molar-refractivity contribution in [2.45, 2.75) is 0 Å². The van der Waals surface area contributed by atoms with Gasteiger partial charge in [-0.3, -0.25) is 0 Å². The summed E-state index contributed by atoms with van der Waals surface area (Å²) < 4.78 is 0. The Morgan fingerprint density at radius 2 is 2.11 bits per heavy atom. The Kier molecular flexibility index (Phi) is 0.803. The molecule has 2 heteroatoms. The maximum atomic E-state index is 3.88. The zero-order valence-electron chi connectivity index (χ0n) is 4.83. The number of nitrogens with one attached hydrogen (secondary N) is 1. The summed E-state index contributed by atoms with van der Waals surface area (Å²) >= 11 is 0. The standard InChI is InChI=1S/C7H6N2/c1-2-4-7-6(3-1)5-8-9-7/h1-5,9H/q+1. The predicted molar refractivity (Wildman–Crippen MR) is 37.4 cm³/mol. The summed E-state index contributed by atoms with van der Waals surface area (Å²) in [6.07, 6.45) is 1.81. The summed E-state index contributed by atoms with van der Waals surface area (Å²) in [4.78, 5) is 0. The topological polar surface area (TPSA) is 26.1 Å². The molecule has 0 saturated heterocycles. The molecule has 0 atom stereocenters. The van der Waals surface area contributed by atoms with Gasteiger partial charge in [-0.25, -0.2) is 0 Å². The van der Waals surface area contributed by atoms with Gasteiger partial charge >= 0.3 is 0 Å². The molecule has 1 heterocycles. The average molecular weight is 118 g/mol. The summed E-state index contributed by atoms with van der Waals surface area (Å²) in [6.45, 7) is 0. The molecule has 0 saturated carbocycles. The van der Waals surface area contributed by atoms with Crippen molar-refractivity contribution in [3.8, 4) is 0 Å². The molecule has 43 valence electrons. The van der Waals surface area contributed by atoms with E-state index >= 15 is 0 Å². The minimum absolute atomic E-state index is 1.09. The van der Waals surface area contributed by atoms with E-state index in [9.17, 15) is 0 Å². The van der Waals surface area contributed by atoms with Crippen molar-refractivity contribution in [2.75, 3.05) is 5.43 Å². The molecule has 1 aromatic rings. The Labute approximate surface area is 53.2 Å². The van der Waals surface area contributed by atoms with E-state index in [0.29, 0.717) is 0 Å². The molecule has 1 aliphatic heterocycles. The number of hydrazone groups is 1. The molecule has 0 bridgehead atoms. The molecule has 2 rings (SSSR count). The van der Waals surface area contributed by atoms with Crippen molar-refractivity contribution in [1.29, 1.82) is 0 Å². The molecule has 9 heavy (non-hydrogen) atoms. The summed E-state index contributed by atoms with van der Waals surface area (Å²) in [5, 5.41) is 3.88. The third kappa shape index (κ3) is 0.598. The second kappa shape index (κ2) is 1.58. The molecule has 1 N–H and O–H groups in total. The fourth-order valence-corrected chi connectivity index (χ4v) is 0.883. The van der Waals surface area contributed by atoms with Gasteiger partial charge < -0.3 is 0 Å². The van der Waals surface area contributed by atoms with E-state index in [0.717, 1.165) is 11.3 Å². The number of nitrogens with zero attached hydrogens (tertiary/aromatic N) is 1. The lowest BCUT2D eigenvalue weighted by Gasteiger charge is -1.86. The summed E-state index contributed by atoms with van der Waals surface area (Å²) in [5.74, 6) is 0. The van der Waals surface area contributed by atoms with Crippen LogP contribution in [-0.4, -0.2) is 6.21 Å². The van der Waals surface area contributed by atoms with Crippen molar-refractivity contribution in [3.63, 3.8) is 0 Å². The summed E-state index contributed by atoms with van der Waals surface area (Å²) in [5.41, 5.74) is 5.13. The lowest BCUT2D eigenvalue weighted by atomic mass is 10.2. The summed E-state index contributed by atoms with van der Waals surface area (Å²) in [6, 6.07) is 8.01. The van der Waals surface area contributed by atoms with E-state index in [1.807, 2.05) is 30.5 Å². The fraction of sp³-hybridized carbons (Fsp3) is 0. The number of benzene rings is 1. The van der Waals surface area contributed by atoms with Crippen LogP contribution in [0.1, 0.15) is 5.56 Å². The molecule has 1 aromatic carbocycles. The number of para-hydroxylation sites is 1. The van der Waals surface area contributed by atoms with Crippen molar-refractivity contribution >= 4 is 11.9 Å². The van der Waals surface area contributed by atoms with Gasteiger partial charge in [0.2, 0.25) is 0 Å². The number of hydrogen-bond donors (Lipinski definition) is 1. The highest BCUT2D eigenvalue weighted by Crippen LogP contribution is 2.13. The van der Waals surface area contributed by atoms with Crippen molar-refractivity contribution in [3.05, 3.63) is 29.8 Å². The first-order valence-corrected chi connectivity index (χ1v) is 2.85. The Morgan fingerprint density at radius 3 is 3.00 bits per heavy atom. The van der Waals surface area contributed by atoms with Crippen molar-refractivity contribution in [2.24, 2.45) is 0 Å². The SMILES string of the molecule is C1=[N+]Nc2ccccc21. The zero-order chi connectivity index (χ0) is 6.10. The second-order valence-electron chi connectivity index (χ2n) is 1.96. The molecule has 0 spiro atoms.